The Bertz CT molecular complexity index is 327. The van der Waals surface area contributed by atoms with Crippen LogP contribution in [0.2, 0.25) is 0 Å². The molecule has 1 atom stereocenters. The molecule has 0 aliphatic carbocycles. The molecule has 4 nitrogen and oxygen atoms in total. The van der Waals surface area contributed by atoms with Gasteiger partial charge in [0.2, 0.25) is 0 Å². The van der Waals surface area contributed by atoms with Gasteiger partial charge in [0.1, 0.15) is 0 Å². The maximum atomic E-state index is 5.58. The van der Waals surface area contributed by atoms with Crippen LogP contribution in [0.3, 0.4) is 0 Å². The van der Waals surface area contributed by atoms with Crippen LogP contribution in [0.1, 0.15) is 33.3 Å². The van der Waals surface area contributed by atoms with E-state index in [-0.39, 0.29) is 16.6 Å². The van der Waals surface area contributed by atoms with E-state index in [1.807, 2.05) is 22.7 Å². The molecule has 5 heteroatoms. The molecule has 19 heavy (non-hydrogen) atoms. The third kappa shape index (κ3) is 9.02. The van der Waals surface area contributed by atoms with Crippen molar-refractivity contribution in [3.8, 4) is 0 Å². The van der Waals surface area contributed by atoms with E-state index in [1.54, 1.807) is 11.9 Å². The molecule has 0 radical (unpaired) electrons. The molecule has 0 amide bonds. The second-order valence-corrected chi connectivity index (χ2v) is 6.24. The number of nitrogens with zero attached hydrogens (tertiary/aromatic N) is 1. The van der Waals surface area contributed by atoms with Crippen molar-refractivity contribution in [1.82, 2.24) is 4.47 Å². The molecular formula is C14H27NO3S. The molecule has 4 N–H and O–H groups in total. The Balaban J connectivity index is 0. The van der Waals surface area contributed by atoms with Crippen LogP contribution in [-0.2, 0) is 4.84 Å². The zero-order valence-electron chi connectivity index (χ0n) is 12.4. The number of hydroxylamine groups is 1. The number of rotatable bonds is 1. The highest BCUT2D eigenvalue weighted by Gasteiger charge is 2.29. The van der Waals surface area contributed by atoms with Gasteiger partial charge in [-0.1, -0.05) is 35.9 Å². The first-order valence-corrected chi connectivity index (χ1v) is 6.95. The smallest absolute Gasteiger partial charge is 0.0827 e. The summed E-state index contributed by atoms with van der Waals surface area (Å²) >= 11 is 1.75. The first-order valence-electron chi connectivity index (χ1n) is 6.01. The lowest BCUT2D eigenvalue weighted by atomic mass is 10.2. The van der Waals surface area contributed by atoms with Gasteiger partial charge in [-0.25, -0.2) is 0 Å². The Morgan fingerprint density at radius 1 is 1.16 bits per heavy atom. The third-order valence-corrected chi connectivity index (χ3v) is 3.43. The van der Waals surface area contributed by atoms with Gasteiger partial charge in [-0.05, 0) is 46.6 Å². The number of aryl methyl sites for hydroxylation is 1. The summed E-state index contributed by atoms with van der Waals surface area (Å²) in [5.41, 5.74) is 1.28. The van der Waals surface area contributed by atoms with Gasteiger partial charge in [-0.3, -0.25) is 4.84 Å². The summed E-state index contributed by atoms with van der Waals surface area (Å²) in [4.78, 5) is 5.58. The van der Waals surface area contributed by atoms with E-state index in [4.69, 9.17) is 4.84 Å². The molecule has 1 aromatic carbocycles. The van der Waals surface area contributed by atoms with Crippen LogP contribution in [0.25, 0.3) is 0 Å². The monoisotopic (exact) mass is 289 g/mol. The lowest BCUT2D eigenvalue weighted by Crippen LogP contribution is -2.43. The van der Waals surface area contributed by atoms with Crippen molar-refractivity contribution in [2.45, 2.75) is 46.3 Å². The molecule has 112 valence electrons. The van der Waals surface area contributed by atoms with Gasteiger partial charge in [0, 0.05) is 5.75 Å². The fraction of sp³-hybridized carbons (Fsp3) is 0.571. The highest BCUT2D eigenvalue weighted by Crippen LogP contribution is 2.31. The maximum Gasteiger partial charge on any atom is 0.0827 e. The van der Waals surface area contributed by atoms with Crippen LogP contribution < -0.4 is 0 Å². The summed E-state index contributed by atoms with van der Waals surface area (Å²) in [5.74, 6) is 1.19. The molecule has 0 unspecified atom stereocenters. The summed E-state index contributed by atoms with van der Waals surface area (Å²) in [6.07, 6.45) is 0. The molecule has 0 aromatic heterocycles. The van der Waals surface area contributed by atoms with Gasteiger partial charge >= 0.3 is 0 Å². The minimum absolute atomic E-state index is 0. The largest absolute Gasteiger partial charge is 0.412 e. The van der Waals surface area contributed by atoms with Crippen molar-refractivity contribution in [1.29, 1.82) is 0 Å². The van der Waals surface area contributed by atoms with Crippen molar-refractivity contribution in [2.75, 3.05) is 5.75 Å². The quantitative estimate of drug-likeness (QED) is 0.745. The zero-order chi connectivity index (χ0) is 12.9. The molecule has 1 aromatic rings. The molecule has 1 saturated heterocycles. The van der Waals surface area contributed by atoms with Crippen molar-refractivity contribution in [2.24, 2.45) is 0 Å². The van der Waals surface area contributed by atoms with Crippen LogP contribution >= 0.6 is 11.9 Å². The van der Waals surface area contributed by atoms with Crippen molar-refractivity contribution >= 4 is 11.9 Å². The Morgan fingerprint density at radius 3 is 1.84 bits per heavy atom. The number of hydrogen-bond donors (Lipinski definition) is 0. The first kappa shape index (κ1) is 20.7. The van der Waals surface area contributed by atoms with E-state index < -0.39 is 0 Å². The summed E-state index contributed by atoms with van der Waals surface area (Å²) in [7, 11) is 0. The molecule has 2 rings (SSSR count). The van der Waals surface area contributed by atoms with Gasteiger partial charge in [-0.15, -0.1) is 4.47 Å². The lowest BCUT2D eigenvalue weighted by Gasteiger charge is -2.39. The normalized spacial score (nSPS) is 18.1. The van der Waals surface area contributed by atoms with E-state index in [2.05, 4.69) is 46.8 Å². The predicted molar refractivity (Wildman–Crippen MR) is 83.0 cm³/mol. The Labute approximate surface area is 120 Å². The van der Waals surface area contributed by atoms with E-state index in [1.165, 1.54) is 11.3 Å². The van der Waals surface area contributed by atoms with Crippen LogP contribution in [0, 0.1) is 6.92 Å². The lowest BCUT2D eigenvalue weighted by molar-refractivity contribution is -0.186. The van der Waals surface area contributed by atoms with Crippen LogP contribution in [0.5, 0.6) is 0 Å². The summed E-state index contributed by atoms with van der Waals surface area (Å²) < 4.78 is 1.97. The summed E-state index contributed by atoms with van der Waals surface area (Å²) in [6.45, 7) is 10.5. The standard InChI is InChI=1S/C7H15NOS.C7H8.2H2O/c1-6-5-10-8(6)9-7(2,3)4;1-7-5-3-2-4-6-7;;/h6H,5H2,1-4H3;2-6H,1H3;2*1H2/t6-;;;/m1.../s1. The van der Waals surface area contributed by atoms with E-state index in [0.29, 0.717) is 6.04 Å². The molecule has 0 bridgehead atoms. The SMILES string of the molecule is C[C@@H]1CSN1OC(C)(C)C.Cc1ccccc1.O.O. The van der Waals surface area contributed by atoms with Crippen LogP contribution in [-0.4, -0.2) is 32.8 Å². The second kappa shape index (κ2) is 9.34. The van der Waals surface area contributed by atoms with Gasteiger partial charge in [0.15, 0.2) is 0 Å². The van der Waals surface area contributed by atoms with E-state index in [0.717, 1.165) is 0 Å². The van der Waals surface area contributed by atoms with Crippen molar-refractivity contribution in [3.05, 3.63) is 35.9 Å². The van der Waals surface area contributed by atoms with Crippen molar-refractivity contribution in [3.63, 3.8) is 0 Å². The molecule has 0 spiro atoms. The Hall–Kier alpha value is -0.590. The maximum absolute atomic E-state index is 5.58. The van der Waals surface area contributed by atoms with Crippen LogP contribution in [0.4, 0.5) is 0 Å². The molecule has 1 aliphatic rings. The van der Waals surface area contributed by atoms with Gasteiger partial charge in [-0.2, -0.15) is 0 Å². The second-order valence-electron chi connectivity index (χ2n) is 5.29. The Kier molecular flexibility index (Phi) is 10.2. The molecule has 1 fully saturated rings. The van der Waals surface area contributed by atoms with Gasteiger partial charge < -0.3 is 11.0 Å². The number of hydrogen-bond acceptors (Lipinski definition) is 3. The van der Waals surface area contributed by atoms with E-state index in [9.17, 15) is 0 Å². The fourth-order valence-corrected chi connectivity index (χ4v) is 2.05. The molecule has 1 heterocycles. The summed E-state index contributed by atoms with van der Waals surface area (Å²) in [5, 5.41) is 0. The minimum atomic E-state index is -0.0400. The van der Waals surface area contributed by atoms with Gasteiger partial charge in [0.25, 0.3) is 0 Å². The topological polar surface area (TPSA) is 75.5 Å². The van der Waals surface area contributed by atoms with Crippen molar-refractivity contribution < 1.29 is 15.8 Å². The molecule has 1 aliphatic heterocycles. The highest BCUT2D eigenvalue weighted by atomic mass is 32.2. The zero-order valence-corrected chi connectivity index (χ0v) is 13.3. The molecule has 0 saturated carbocycles. The average Bonchev–Trinajstić information content (AvgIpc) is 2.25. The predicted octanol–water partition coefficient (Wildman–Crippen LogP) is 2.41. The fourth-order valence-electron chi connectivity index (χ4n) is 1.21. The van der Waals surface area contributed by atoms with Crippen LogP contribution in [0.15, 0.2) is 30.3 Å². The van der Waals surface area contributed by atoms with E-state index >= 15 is 0 Å². The van der Waals surface area contributed by atoms with Gasteiger partial charge in [0.05, 0.1) is 11.6 Å². The molecular weight excluding hydrogens is 262 g/mol. The summed E-state index contributed by atoms with van der Waals surface area (Å²) in [6, 6.07) is 10.8. The highest BCUT2D eigenvalue weighted by molar-refractivity contribution is 7.98. The average molecular weight is 289 g/mol. The third-order valence-electron chi connectivity index (χ3n) is 2.11. The first-order chi connectivity index (χ1) is 7.88. The Morgan fingerprint density at radius 2 is 1.68 bits per heavy atom. The minimum Gasteiger partial charge on any atom is -0.412 e. The number of benzene rings is 1.